The molecule has 38 heavy (non-hydrogen) atoms. The molecule has 0 saturated carbocycles. The average molecular weight is 552 g/mol. The van der Waals surface area contributed by atoms with Crippen LogP contribution < -0.4 is 14.8 Å². The highest BCUT2D eigenvalue weighted by Gasteiger charge is 2.17. The number of halogens is 1. The van der Waals surface area contributed by atoms with Crippen LogP contribution in [0.4, 0.5) is 5.13 Å². The van der Waals surface area contributed by atoms with Gasteiger partial charge in [0.1, 0.15) is 19.0 Å². The molecule has 3 heterocycles. The van der Waals surface area contributed by atoms with Gasteiger partial charge in [-0.1, -0.05) is 41.0 Å². The minimum Gasteiger partial charge on any atom is -0.492 e. The number of hydrogen-bond donors (Lipinski definition) is 1. The molecule has 11 heteroatoms. The van der Waals surface area contributed by atoms with Gasteiger partial charge in [0.15, 0.2) is 0 Å². The zero-order chi connectivity index (χ0) is 26.2. The van der Waals surface area contributed by atoms with Crippen LogP contribution in [0.5, 0.6) is 10.9 Å². The summed E-state index contributed by atoms with van der Waals surface area (Å²) in [5.41, 5.74) is 2.93. The summed E-state index contributed by atoms with van der Waals surface area (Å²) in [7, 11) is 0. The molecule has 196 valence electrons. The van der Waals surface area contributed by atoms with Crippen molar-refractivity contribution >= 4 is 34.0 Å². The number of amides is 1. The van der Waals surface area contributed by atoms with E-state index in [0.717, 1.165) is 61.1 Å². The van der Waals surface area contributed by atoms with E-state index >= 15 is 0 Å². The largest absolute Gasteiger partial charge is 0.492 e. The van der Waals surface area contributed by atoms with Crippen molar-refractivity contribution < 1.29 is 19.0 Å². The van der Waals surface area contributed by atoms with Crippen molar-refractivity contribution in [3.63, 3.8) is 0 Å². The highest BCUT2D eigenvalue weighted by Crippen LogP contribution is 2.28. The van der Waals surface area contributed by atoms with Crippen LogP contribution in [0.25, 0.3) is 11.1 Å². The summed E-state index contributed by atoms with van der Waals surface area (Å²) < 4.78 is 17.1. The van der Waals surface area contributed by atoms with Gasteiger partial charge < -0.3 is 14.2 Å². The number of pyridine rings is 1. The molecule has 0 unspecified atom stereocenters. The molecule has 1 aliphatic rings. The Bertz CT molecular complexity index is 1360. The first-order chi connectivity index (χ1) is 18.6. The van der Waals surface area contributed by atoms with Crippen molar-refractivity contribution in [1.29, 1.82) is 0 Å². The Hall–Kier alpha value is -3.57. The van der Waals surface area contributed by atoms with Gasteiger partial charge in [-0.25, -0.2) is 0 Å². The van der Waals surface area contributed by atoms with Crippen LogP contribution in [0, 0.1) is 0 Å². The lowest BCUT2D eigenvalue weighted by atomic mass is 10.0. The predicted octanol–water partition coefficient (Wildman–Crippen LogP) is 4.80. The maximum atomic E-state index is 13.2. The first kappa shape index (κ1) is 26.1. The summed E-state index contributed by atoms with van der Waals surface area (Å²) in [5.74, 6) is 0.416. The minimum absolute atomic E-state index is 0.318. The number of aromatic nitrogens is 3. The number of carbonyl (C=O) groups is 1. The fraction of sp³-hybridized carbons (Fsp3) is 0.259. The molecule has 1 amide bonds. The van der Waals surface area contributed by atoms with Gasteiger partial charge in [-0.3, -0.25) is 20.0 Å². The molecule has 1 saturated heterocycles. The van der Waals surface area contributed by atoms with Crippen molar-refractivity contribution in [2.75, 3.05) is 44.8 Å². The Morgan fingerprint density at radius 1 is 1.08 bits per heavy atom. The van der Waals surface area contributed by atoms with Crippen LogP contribution in [-0.4, -0.2) is 65.4 Å². The van der Waals surface area contributed by atoms with Crippen LogP contribution in [0.1, 0.15) is 15.9 Å². The van der Waals surface area contributed by atoms with E-state index in [1.54, 1.807) is 30.6 Å². The maximum Gasteiger partial charge on any atom is 0.296 e. The van der Waals surface area contributed by atoms with E-state index in [4.69, 9.17) is 25.8 Å². The Morgan fingerprint density at radius 2 is 1.92 bits per heavy atom. The molecule has 9 nitrogen and oxygen atoms in total. The SMILES string of the molecule is O=C(Nc1nnc(OCc2ccc(Cl)cc2)s1)c1ccncc1-c1cccc(OCCN2CCOCC2)c1. The Morgan fingerprint density at radius 3 is 2.76 bits per heavy atom. The van der Waals surface area contributed by atoms with Crippen LogP contribution >= 0.6 is 22.9 Å². The second-order valence-corrected chi connectivity index (χ2v) is 9.87. The van der Waals surface area contributed by atoms with Crippen LogP contribution in [0.15, 0.2) is 67.0 Å². The van der Waals surface area contributed by atoms with E-state index in [-0.39, 0.29) is 5.91 Å². The second-order valence-electron chi connectivity index (χ2n) is 8.49. The van der Waals surface area contributed by atoms with Gasteiger partial charge in [-0.05, 0) is 52.8 Å². The monoisotopic (exact) mass is 551 g/mol. The third-order valence-corrected chi connectivity index (χ3v) is 6.90. The number of carbonyl (C=O) groups excluding carboxylic acids is 1. The third kappa shape index (κ3) is 7.05. The minimum atomic E-state index is -0.318. The molecule has 2 aromatic carbocycles. The molecule has 4 aromatic rings. The number of nitrogens with zero attached hydrogens (tertiary/aromatic N) is 4. The lowest BCUT2D eigenvalue weighted by molar-refractivity contribution is 0.0322. The zero-order valence-corrected chi connectivity index (χ0v) is 22.1. The number of rotatable bonds is 10. The van der Waals surface area contributed by atoms with Crippen LogP contribution in [0.2, 0.25) is 5.02 Å². The van der Waals surface area contributed by atoms with Crippen molar-refractivity contribution in [3.8, 4) is 22.1 Å². The number of ether oxygens (including phenoxy) is 3. The number of nitrogens with one attached hydrogen (secondary N) is 1. The summed E-state index contributed by atoms with van der Waals surface area (Å²) >= 11 is 7.07. The molecule has 0 aliphatic carbocycles. The quantitative estimate of drug-likeness (QED) is 0.300. The van der Waals surface area contributed by atoms with Crippen LogP contribution in [0.3, 0.4) is 0 Å². The van der Waals surface area contributed by atoms with Crippen molar-refractivity contribution in [3.05, 3.63) is 83.1 Å². The molecule has 0 bridgehead atoms. The van der Waals surface area contributed by atoms with E-state index in [9.17, 15) is 4.79 Å². The fourth-order valence-corrected chi connectivity index (χ4v) is 4.62. The molecule has 1 N–H and O–H groups in total. The highest BCUT2D eigenvalue weighted by atomic mass is 35.5. The number of benzene rings is 2. The fourth-order valence-electron chi connectivity index (χ4n) is 3.90. The predicted molar refractivity (Wildman–Crippen MR) is 146 cm³/mol. The average Bonchev–Trinajstić information content (AvgIpc) is 3.40. The van der Waals surface area contributed by atoms with Gasteiger partial charge in [0.2, 0.25) is 5.13 Å². The summed E-state index contributed by atoms with van der Waals surface area (Å²) in [6, 6.07) is 16.7. The van der Waals surface area contributed by atoms with E-state index < -0.39 is 0 Å². The lowest BCUT2D eigenvalue weighted by Crippen LogP contribution is -2.38. The first-order valence-corrected chi connectivity index (χ1v) is 13.3. The standard InChI is InChI=1S/C27H26ClN5O4S/c28-21-6-4-19(5-7-21)18-37-27-32-31-26(38-27)30-25(34)23-8-9-29-17-24(23)20-2-1-3-22(16-20)36-15-12-33-10-13-35-14-11-33/h1-9,16-17H,10-15,18H2,(H,30,31,34). The van der Waals surface area contributed by atoms with Gasteiger partial charge in [-0.2, -0.15) is 0 Å². The molecule has 1 aliphatic heterocycles. The summed E-state index contributed by atoms with van der Waals surface area (Å²) in [6.45, 7) is 5.08. The van der Waals surface area contributed by atoms with Gasteiger partial charge >= 0.3 is 0 Å². The zero-order valence-electron chi connectivity index (χ0n) is 20.5. The maximum absolute atomic E-state index is 13.2. The normalized spacial score (nSPS) is 13.7. The number of hydrogen-bond acceptors (Lipinski definition) is 9. The molecular formula is C27H26ClN5O4S. The molecular weight excluding hydrogens is 526 g/mol. The topological polar surface area (TPSA) is 98.7 Å². The number of anilines is 1. The van der Waals surface area contributed by atoms with E-state index in [2.05, 4.69) is 25.4 Å². The van der Waals surface area contributed by atoms with Crippen LogP contribution in [-0.2, 0) is 11.3 Å². The summed E-state index contributed by atoms with van der Waals surface area (Å²) in [5, 5.41) is 12.2. The summed E-state index contributed by atoms with van der Waals surface area (Å²) in [6.07, 6.45) is 3.25. The second kappa shape index (κ2) is 12.8. The molecule has 0 radical (unpaired) electrons. The Balaban J connectivity index is 1.21. The Labute approximate surface area is 229 Å². The van der Waals surface area contributed by atoms with E-state index in [0.29, 0.717) is 39.7 Å². The van der Waals surface area contributed by atoms with Gasteiger partial charge in [0.25, 0.3) is 11.1 Å². The third-order valence-electron chi connectivity index (χ3n) is 5.89. The molecule has 1 fully saturated rings. The molecule has 5 rings (SSSR count). The van der Waals surface area contributed by atoms with Gasteiger partial charge in [0.05, 0.1) is 18.8 Å². The molecule has 0 spiro atoms. The molecule has 2 aromatic heterocycles. The van der Waals surface area contributed by atoms with Crippen molar-refractivity contribution in [2.45, 2.75) is 6.61 Å². The van der Waals surface area contributed by atoms with E-state index in [1.165, 1.54) is 0 Å². The highest BCUT2D eigenvalue weighted by molar-refractivity contribution is 7.17. The van der Waals surface area contributed by atoms with Crippen molar-refractivity contribution in [2.24, 2.45) is 0 Å². The van der Waals surface area contributed by atoms with Gasteiger partial charge in [0, 0.05) is 42.6 Å². The van der Waals surface area contributed by atoms with Crippen molar-refractivity contribution in [1.82, 2.24) is 20.1 Å². The van der Waals surface area contributed by atoms with Gasteiger partial charge in [-0.15, -0.1) is 5.10 Å². The summed E-state index contributed by atoms with van der Waals surface area (Å²) in [4.78, 5) is 19.7. The molecule has 0 atom stereocenters. The Kier molecular flexibility index (Phi) is 8.77. The first-order valence-electron chi connectivity index (χ1n) is 12.1. The smallest absolute Gasteiger partial charge is 0.296 e. The van der Waals surface area contributed by atoms with E-state index in [1.807, 2.05) is 36.4 Å². The number of morpholine rings is 1. The lowest BCUT2D eigenvalue weighted by Gasteiger charge is -2.26.